The fourth-order valence-corrected chi connectivity index (χ4v) is 4.47. The lowest BCUT2D eigenvalue weighted by Crippen LogP contribution is -2.24. The summed E-state index contributed by atoms with van der Waals surface area (Å²) in [4.78, 5) is 19.8. The summed E-state index contributed by atoms with van der Waals surface area (Å²) in [5.41, 5.74) is 5.42. The van der Waals surface area contributed by atoms with Crippen LogP contribution in [0.4, 0.5) is 5.69 Å². The molecule has 5 heteroatoms. The average molecular weight is 412 g/mol. The number of anilines is 1. The monoisotopic (exact) mass is 411 g/mol. The van der Waals surface area contributed by atoms with Gasteiger partial charge in [0.1, 0.15) is 11.6 Å². The van der Waals surface area contributed by atoms with Gasteiger partial charge in [0, 0.05) is 37.2 Å². The minimum absolute atomic E-state index is 0.0379. The van der Waals surface area contributed by atoms with Crippen molar-refractivity contribution in [2.24, 2.45) is 0 Å². The van der Waals surface area contributed by atoms with Gasteiger partial charge in [0.15, 0.2) is 0 Å². The van der Waals surface area contributed by atoms with E-state index in [1.165, 1.54) is 11.1 Å². The molecule has 1 amide bonds. The van der Waals surface area contributed by atoms with Gasteiger partial charge in [-0.05, 0) is 36.8 Å². The molecule has 0 unspecified atom stereocenters. The molecule has 0 saturated carbocycles. The van der Waals surface area contributed by atoms with Crippen molar-refractivity contribution in [1.82, 2.24) is 9.55 Å². The zero-order chi connectivity index (χ0) is 21.4. The summed E-state index contributed by atoms with van der Waals surface area (Å²) in [6, 6.07) is 24.4. The standard InChI is InChI=1S/C26H25N3O2/c1-18-7-5-8-19(13-18)16-29-24-12-4-3-11-23(24)27-26(29)20-14-25(30)28(17-20)21-9-6-10-22(15-21)31-2/h3-13,15,20H,14,16-17H2,1-2H3/t20-/m0/s1. The number of fused-ring (bicyclic) bond motifs is 1. The summed E-state index contributed by atoms with van der Waals surface area (Å²) in [5, 5.41) is 0. The first-order valence-corrected chi connectivity index (χ1v) is 10.6. The Morgan fingerprint density at radius 2 is 1.87 bits per heavy atom. The first kappa shape index (κ1) is 19.4. The normalized spacial score (nSPS) is 16.3. The highest BCUT2D eigenvalue weighted by atomic mass is 16.5. The van der Waals surface area contributed by atoms with Crippen LogP contribution in [0.25, 0.3) is 11.0 Å². The topological polar surface area (TPSA) is 47.4 Å². The fourth-order valence-electron chi connectivity index (χ4n) is 4.47. The third-order valence-electron chi connectivity index (χ3n) is 5.96. The van der Waals surface area contributed by atoms with Crippen LogP contribution in [0.3, 0.4) is 0 Å². The van der Waals surface area contributed by atoms with Crippen molar-refractivity contribution in [1.29, 1.82) is 0 Å². The van der Waals surface area contributed by atoms with Gasteiger partial charge in [-0.1, -0.05) is 48.0 Å². The SMILES string of the molecule is COc1cccc(N2C[C@@H](c3nc4ccccc4n3Cc3cccc(C)c3)CC2=O)c1. The summed E-state index contributed by atoms with van der Waals surface area (Å²) < 4.78 is 7.62. The molecule has 3 aromatic carbocycles. The average Bonchev–Trinajstić information content (AvgIpc) is 3.34. The number of carbonyl (C=O) groups is 1. The van der Waals surface area contributed by atoms with E-state index in [0.717, 1.165) is 34.8 Å². The Hall–Kier alpha value is -3.60. The van der Waals surface area contributed by atoms with E-state index in [0.29, 0.717) is 13.0 Å². The van der Waals surface area contributed by atoms with Crippen LogP contribution in [0.2, 0.25) is 0 Å². The lowest BCUT2D eigenvalue weighted by atomic mass is 10.1. The minimum Gasteiger partial charge on any atom is -0.497 e. The van der Waals surface area contributed by atoms with E-state index in [-0.39, 0.29) is 11.8 Å². The van der Waals surface area contributed by atoms with E-state index in [4.69, 9.17) is 9.72 Å². The number of imidazole rings is 1. The lowest BCUT2D eigenvalue weighted by molar-refractivity contribution is -0.117. The second kappa shape index (κ2) is 7.91. The zero-order valence-electron chi connectivity index (χ0n) is 17.8. The Kier molecular flexibility index (Phi) is 4.94. The first-order chi connectivity index (χ1) is 15.1. The number of hydrogen-bond acceptors (Lipinski definition) is 3. The zero-order valence-corrected chi connectivity index (χ0v) is 17.8. The molecule has 5 rings (SSSR count). The molecule has 1 fully saturated rings. The number of methoxy groups -OCH3 is 1. The van der Waals surface area contributed by atoms with Gasteiger partial charge in [0.25, 0.3) is 0 Å². The summed E-state index contributed by atoms with van der Waals surface area (Å²) >= 11 is 0. The van der Waals surface area contributed by atoms with Crippen molar-refractivity contribution < 1.29 is 9.53 Å². The number of benzene rings is 3. The Morgan fingerprint density at radius 3 is 2.71 bits per heavy atom. The minimum atomic E-state index is 0.0379. The van der Waals surface area contributed by atoms with Gasteiger partial charge in [-0.25, -0.2) is 4.98 Å². The van der Waals surface area contributed by atoms with Crippen molar-refractivity contribution in [2.75, 3.05) is 18.6 Å². The smallest absolute Gasteiger partial charge is 0.227 e. The van der Waals surface area contributed by atoms with E-state index >= 15 is 0 Å². The predicted octanol–water partition coefficient (Wildman–Crippen LogP) is 4.92. The molecule has 0 bridgehead atoms. The molecular formula is C26H25N3O2. The van der Waals surface area contributed by atoms with Crippen LogP contribution >= 0.6 is 0 Å². The van der Waals surface area contributed by atoms with Crippen molar-refractivity contribution >= 4 is 22.6 Å². The molecule has 0 aliphatic carbocycles. The summed E-state index contributed by atoms with van der Waals surface area (Å²) in [7, 11) is 1.64. The maximum absolute atomic E-state index is 12.9. The Labute approximate surface area is 181 Å². The summed E-state index contributed by atoms with van der Waals surface area (Å²) in [6.07, 6.45) is 0.453. The van der Waals surface area contributed by atoms with E-state index in [1.807, 2.05) is 47.4 Å². The van der Waals surface area contributed by atoms with Crippen molar-refractivity contribution in [2.45, 2.75) is 25.8 Å². The molecule has 1 aliphatic rings. The lowest BCUT2D eigenvalue weighted by Gasteiger charge is -2.18. The number of amides is 1. The summed E-state index contributed by atoms with van der Waals surface area (Å²) in [5.74, 6) is 1.88. The molecule has 2 heterocycles. The van der Waals surface area contributed by atoms with Crippen LogP contribution in [0.1, 0.15) is 29.3 Å². The van der Waals surface area contributed by atoms with Crippen LogP contribution in [-0.2, 0) is 11.3 Å². The van der Waals surface area contributed by atoms with Gasteiger partial charge in [-0.2, -0.15) is 0 Å². The van der Waals surface area contributed by atoms with Crippen LogP contribution in [0.5, 0.6) is 5.75 Å². The largest absolute Gasteiger partial charge is 0.497 e. The maximum atomic E-state index is 12.9. The van der Waals surface area contributed by atoms with Gasteiger partial charge in [0.2, 0.25) is 5.91 Å². The van der Waals surface area contributed by atoms with Gasteiger partial charge in [-0.3, -0.25) is 4.79 Å². The molecule has 0 spiro atoms. The molecule has 5 nitrogen and oxygen atoms in total. The highest BCUT2D eigenvalue weighted by Crippen LogP contribution is 2.34. The molecule has 31 heavy (non-hydrogen) atoms. The van der Waals surface area contributed by atoms with Crippen LogP contribution in [-0.4, -0.2) is 29.1 Å². The molecule has 1 aromatic heterocycles. The molecule has 4 aromatic rings. The number of nitrogens with zero attached hydrogens (tertiary/aromatic N) is 3. The summed E-state index contributed by atoms with van der Waals surface area (Å²) in [6.45, 7) is 3.46. The Balaban J connectivity index is 1.52. The highest BCUT2D eigenvalue weighted by molar-refractivity contribution is 5.96. The van der Waals surface area contributed by atoms with Crippen molar-refractivity contribution in [3.63, 3.8) is 0 Å². The molecular weight excluding hydrogens is 386 g/mol. The number of ether oxygens (including phenoxy) is 1. The number of carbonyl (C=O) groups excluding carboxylic acids is 1. The third kappa shape index (κ3) is 3.67. The number of hydrogen-bond donors (Lipinski definition) is 0. The van der Waals surface area contributed by atoms with E-state index < -0.39 is 0 Å². The van der Waals surface area contributed by atoms with Crippen molar-refractivity contribution in [3.8, 4) is 5.75 Å². The molecule has 1 saturated heterocycles. The van der Waals surface area contributed by atoms with Crippen LogP contribution in [0, 0.1) is 6.92 Å². The number of rotatable bonds is 5. The van der Waals surface area contributed by atoms with Gasteiger partial charge < -0.3 is 14.2 Å². The van der Waals surface area contributed by atoms with Crippen LogP contribution < -0.4 is 9.64 Å². The molecule has 1 atom stereocenters. The van der Waals surface area contributed by atoms with E-state index in [2.05, 4.69) is 41.8 Å². The fraction of sp³-hybridized carbons (Fsp3) is 0.231. The van der Waals surface area contributed by atoms with Gasteiger partial charge >= 0.3 is 0 Å². The van der Waals surface area contributed by atoms with Crippen molar-refractivity contribution in [3.05, 3.63) is 89.7 Å². The van der Waals surface area contributed by atoms with E-state index in [9.17, 15) is 4.79 Å². The number of aryl methyl sites for hydroxylation is 1. The number of aromatic nitrogens is 2. The van der Waals surface area contributed by atoms with E-state index in [1.54, 1.807) is 7.11 Å². The second-order valence-corrected chi connectivity index (χ2v) is 8.14. The maximum Gasteiger partial charge on any atom is 0.227 e. The highest BCUT2D eigenvalue weighted by Gasteiger charge is 2.35. The van der Waals surface area contributed by atoms with Gasteiger partial charge in [0.05, 0.1) is 18.1 Å². The molecule has 156 valence electrons. The molecule has 0 N–H and O–H groups in total. The predicted molar refractivity (Wildman–Crippen MR) is 123 cm³/mol. The second-order valence-electron chi connectivity index (χ2n) is 8.14. The van der Waals surface area contributed by atoms with Crippen LogP contribution in [0.15, 0.2) is 72.8 Å². The van der Waals surface area contributed by atoms with Gasteiger partial charge in [-0.15, -0.1) is 0 Å². The first-order valence-electron chi connectivity index (χ1n) is 10.6. The Morgan fingerprint density at radius 1 is 1.03 bits per heavy atom. The molecule has 1 aliphatic heterocycles. The third-order valence-corrected chi connectivity index (χ3v) is 5.96. The molecule has 0 radical (unpaired) electrons. The quantitative estimate of drug-likeness (QED) is 0.468. The number of para-hydroxylation sites is 2. The Bertz CT molecular complexity index is 1260.